The Bertz CT molecular complexity index is 364. The van der Waals surface area contributed by atoms with Gasteiger partial charge in [-0.15, -0.1) is 0 Å². The summed E-state index contributed by atoms with van der Waals surface area (Å²) in [7, 11) is 0. The lowest BCUT2D eigenvalue weighted by Gasteiger charge is -2.12. The third-order valence-electron chi connectivity index (χ3n) is 2.16. The van der Waals surface area contributed by atoms with Gasteiger partial charge in [-0.2, -0.15) is 0 Å². The maximum Gasteiger partial charge on any atom is 0.381 e. The first-order valence-corrected chi connectivity index (χ1v) is 5.54. The third-order valence-corrected chi connectivity index (χ3v) is 2.16. The molecule has 0 spiro atoms. The number of hydrogen-bond acceptors (Lipinski definition) is 5. The van der Waals surface area contributed by atoms with E-state index in [1.807, 2.05) is 0 Å². The molecule has 7 heteroatoms. The quantitative estimate of drug-likeness (QED) is 0.533. The summed E-state index contributed by atoms with van der Waals surface area (Å²) < 4.78 is 1.51. The molecule has 0 aromatic carbocycles. The van der Waals surface area contributed by atoms with Crippen LogP contribution in [0.1, 0.15) is 13.8 Å². The van der Waals surface area contributed by atoms with E-state index in [0.717, 1.165) is 6.54 Å². The lowest BCUT2D eigenvalue weighted by Crippen LogP contribution is -2.32. The Morgan fingerprint density at radius 2 is 2.29 bits per heavy atom. The fourth-order valence-electron chi connectivity index (χ4n) is 1.39. The second-order valence-corrected chi connectivity index (χ2v) is 4.39. The molecule has 1 atom stereocenters. The first-order valence-electron chi connectivity index (χ1n) is 5.54. The van der Waals surface area contributed by atoms with Crippen molar-refractivity contribution in [2.75, 3.05) is 13.1 Å². The Balaban J connectivity index is 2.34. The van der Waals surface area contributed by atoms with Crippen molar-refractivity contribution in [2.45, 2.75) is 26.5 Å². The van der Waals surface area contributed by atoms with Crippen LogP contribution < -0.4 is 5.32 Å². The molecule has 0 amide bonds. The summed E-state index contributed by atoms with van der Waals surface area (Å²) in [5.41, 5.74) is 0. The van der Waals surface area contributed by atoms with E-state index in [0.29, 0.717) is 19.0 Å². The van der Waals surface area contributed by atoms with E-state index < -0.39 is 11.0 Å². The summed E-state index contributed by atoms with van der Waals surface area (Å²) in [6.45, 7) is 5.76. The van der Waals surface area contributed by atoms with E-state index in [-0.39, 0.29) is 5.82 Å². The van der Waals surface area contributed by atoms with Gasteiger partial charge in [0, 0.05) is 6.54 Å². The third kappa shape index (κ3) is 4.92. The van der Waals surface area contributed by atoms with Crippen molar-refractivity contribution < 1.29 is 10.0 Å². The maximum absolute atomic E-state index is 10.4. The van der Waals surface area contributed by atoms with Crippen LogP contribution in [0.3, 0.4) is 0 Å². The standard InChI is InChI=1S/C10H18N4O3/c1-8(2)3-11-4-9(15)5-13-6-10(12-7-13)14(16)17/h6-9,11,15H,3-5H2,1-2H3. The number of nitro groups is 1. The molecular formula is C10H18N4O3. The van der Waals surface area contributed by atoms with Crippen molar-refractivity contribution in [1.82, 2.24) is 14.9 Å². The first kappa shape index (κ1) is 13.6. The number of rotatable bonds is 7. The molecule has 0 aliphatic rings. The normalized spacial score (nSPS) is 12.9. The Labute approximate surface area is 99.6 Å². The topological polar surface area (TPSA) is 93.2 Å². The molecule has 0 aliphatic heterocycles. The van der Waals surface area contributed by atoms with E-state index in [4.69, 9.17) is 0 Å². The molecule has 17 heavy (non-hydrogen) atoms. The average Bonchev–Trinajstić information content (AvgIpc) is 2.65. The van der Waals surface area contributed by atoms with E-state index >= 15 is 0 Å². The maximum atomic E-state index is 10.4. The molecule has 2 N–H and O–H groups in total. The predicted molar refractivity (Wildman–Crippen MR) is 62.6 cm³/mol. The van der Waals surface area contributed by atoms with Gasteiger partial charge in [-0.3, -0.25) is 0 Å². The van der Waals surface area contributed by atoms with E-state index in [2.05, 4.69) is 24.1 Å². The highest BCUT2D eigenvalue weighted by Crippen LogP contribution is 2.06. The van der Waals surface area contributed by atoms with Crippen molar-refractivity contribution in [3.63, 3.8) is 0 Å². The fraction of sp³-hybridized carbons (Fsp3) is 0.700. The number of nitrogens with zero attached hydrogens (tertiary/aromatic N) is 3. The Morgan fingerprint density at radius 1 is 1.59 bits per heavy atom. The van der Waals surface area contributed by atoms with Crippen LogP contribution in [0, 0.1) is 16.0 Å². The summed E-state index contributed by atoms with van der Waals surface area (Å²) in [5, 5.41) is 23.2. The van der Waals surface area contributed by atoms with Gasteiger partial charge in [-0.25, -0.2) is 0 Å². The molecule has 0 aliphatic carbocycles. The van der Waals surface area contributed by atoms with Gasteiger partial charge in [-0.05, 0) is 22.4 Å². The monoisotopic (exact) mass is 242 g/mol. The molecule has 0 saturated carbocycles. The molecule has 0 bridgehead atoms. The Hall–Kier alpha value is -1.47. The van der Waals surface area contributed by atoms with Gasteiger partial charge in [0.2, 0.25) is 6.33 Å². The van der Waals surface area contributed by atoms with Crippen LogP contribution in [0.25, 0.3) is 0 Å². The lowest BCUT2D eigenvalue weighted by molar-refractivity contribution is -0.389. The van der Waals surface area contributed by atoms with Crippen molar-refractivity contribution in [3.05, 3.63) is 22.6 Å². The SMILES string of the molecule is CC(C)CNCC(O)Cn1cnc([N+](=O)[O-])c1. The Kier molecular flexibility index (Phi) is 5.05. The lowest BCUT2D eigenvalue weighted by atomic mass is 10.2. The van der Waals surface area contributed by atoms with Crippen LogP contribution in [0.2, 0.25) is 0 Å². The van der Waals surface area contributed by atoms with Crippen LogP contribution >= 0.6 is 0 Å². The molecular weight excluding hydrogens is 224 g/mol. The largest absolute Gasteiger partial charge is 0.390 e. The molecule has 0 radical (unpaired) electrons. The minimum atomic E-state index is -0.581. The number of aliphatic hydroxyl groups is 1. The van der Waals surface area contributed by atoms with Gasteiger partial charge >= 0.3 is 5.82 Å². The van der Waals surface area contributed by atoms with Crippen molar-refractivity contribution in [3.8, 4) is 0 Å². The number of hydrogen-bond donors (Lipinski definition) is 2. The van der Waals surface area contributed by atoms with Crippen LogP contribution in [0.5, 0.6) is 0 Å². The van der Waals surface area contributed by atoms with Crippen molar-refractivity contribution in [1.29, 1.82) is 0 Å². The molecule has 1 heterocycles. The predicted octanol–water partition coefficient (Wildman–Crippen LogP) is 0.398. The van der Waals surface area contributed by atoms with Gasteiger partial charge in [-0.1, -0.05) is 13.8 Å². The highest BCUT2D eigenvalue weighted by molar-refractivity contribution is 5.12. The number of aromatic nitrogens is 2. The molecule has 1 aromatic rings. The molecule has 0 fully saturated rings. The zero-order chi connectivity index (χ0) is 12.8. The van der Waals surface area contributed by atoms with Gasteiger partial charge in [0.25, 0.3) is 0 Å². The molecule has 0 saturated heterocycles. The molecule has 7 nitrogen and oxygen atoms in total. The molecule has 96 valence electrons. The summed E-state index contributed by atoms with van der Waals surface area (Å²) in [5.74, 6) is 0.323. The zero-order valence-electron chi connectivity index (χ0n) is 10.0. The highest BCUT2D eigenvalue weighted by Gasteiger charge is 2.12. The molecule has 1 rings (SSSR count). The second-order valence-electron chi connectivity index (χ2n) is 4.39. The number of imidazole rings is 1. The van der Waals surface area contributed by atoms with Crippen LogP contribution in [-0.2, 0) is 6.54 Å². The van der Waals surface area contributed by atoms with E-state index in [1.54, 1.807) is 0 Å². The van der Waals surface area contributed by atoms with Gasteiger partial charge in [0.15, 0.2) is 0 Å². The second kappa shape index (κ2) is 6.31. The molecule has 1 aromatic heterocycles. The summed E-state index contributed by atoms with van der Waals surface area (Å²) >= 11 is 0. The Morgan fingerprint density at radius 3 is 2.82 bits per heavy atom. The average molecular weight is 242 g/mol. The highest BCUT2D eigenvalue weighted by atomic mass is 16.6. The van der Waals surface area contributed by atoms with Gasteiger partial charge < -0.3 is 25.1 Å². The summed E-state index contributed by atoms with van der Waals surface area (Å²) in [6, 6.07) is 0. The van der Waals surface area contributed by atoms with E-state index in [9.17, 15) is 15.2 Å². The summed E-state index contributed by atoms with van der Waals surface area (Å²) in [6.07, 6.45) is 2.08. The van der Waals surface area contributed by atoms with E-state index in [1.165, 1.54) is 17.1 Å². The van der Waals surface area contributed by atoms with Crippen LogP contribution in [0.15, 0.2) is 12.5 Å². The summed E-state index contributed by atoms with van der Waals surface area (Å²) in [4.78, 5) is 13.5. The number of aliphatic hydroxyl groups excluding tert-OH is 1. The fourth-order valence-corrected chi connectivity index (χ4v) is 1.39. The minimum Gasteiger partial charge on any atom is -0.390 e. The first-order chi connectivity index (χ1) is 7.99. The molecule has 1 unspecified atom stereocenters. The smallest absolute Gasteiger partial charge is 0.381 e. The van der Waals surface area contributed by atoms with Gasteiger partial charge in [0.1, 0.15) is 6.20 Å². The van der Waals surface area contributed by atoms with Crippen LogP contribution in [0.4, 0.5) is 5.82 Å². The van der Waals surface area contributed by atoms with Crippen molar-refractivity contribution in [2.24, 2.45) is 5.92 Å². The van der Waals surface area contributed by atoms with Crippen LogP contribution in [-0.4, -0.2) is 38.8 Å². The zero-order valence-corrected chi connectivity index (χ0v) is 10.0. The minimum absolute atomic E-state index is 0.202. The number of nitrogens with one attached hydrogen (secondary N) is 1. The van der Waals surface area contributed by atoms with Crippen molar-refractivity contribution >= 4 is 5.82 Å². The van der Waals surface area contributed by atoms with Gasteiger partial charge in [0.05, 0.1) is 12.6 Å².